The van der Waals surface area contributed by atoms with E-state index in [2.05, 4.69) is 41.2 Å². The fraction of sp³-hybridized carbons (Fsp3) is 0.500. The summed E-state index contributed by atoms with van der Waals surface area (Å²) in [6, 6.07) is 10.5. The van der Waals surface area contributed by atoms with Crippen LogP contribution in [0.15, 0.2) is 42.7 Å². The zero-order chi connectivity index (χ0) is 17.6. The summed E-state index contributed by atoms with van der Waals surface area (Å²) in [7, 11) is 1.92. The van der Waals surface area contributed by atoms with E-state index in [9.17, 15) is 4.79 Å². The van der Waals surface area contributed by atoms with Gasteiger partial charge in [-0.2, -0.15) is 5.10 Å². The smallest absolute Gasteiger partial charge is 0.239 e. The first-order valence-electron chi connectivity index (χ1n) is 9.22. The average Bonchev–Trinajstić information content (AvgIpc) is 3.12. The first-order valence-corrected chi connectivity index (χ1v) is 9.22. The van der Waals surface area contributed by atoms with Gasteiger partial charge in [0.15, 0.2) is 0 Å². The third-order valence-corrected chi connectivity index (χ3v) is 5.04. The van der Waals surface area contributed by atoms with E-state index in [4.69, 9.17) is 0 Å². The molecule has 1 fully saturated rings. The topological polar surface area (TPSA) is 41.4 Å². The summed E-state index contributed by atoms with van der Waals surface area (Å²) in [6.45, 7) is 5.52. The standard InChI is InChI=1S/C20H28N4O/c1-3-4-10-19-20(25)22(2)13-14-23(19)15-17-8-5-6-9-18(17)16-24-12-7-11-21-24/h5-9,11-12,19H,3-4,10,13-16H2,1-2H3/t19-/m0/s1. The Morgan fingerprint density at radius 3 is 2.56 bits per heavy atom. The lowest BCUT2D eigenvalue weighted by molar-refractivity contribution is -0.140. The van der Waals surface area contributed by atoms with Crippen LogP contribution in [-0.2, 0) is 17.9 Å². The lowest BCUT2D eigenvalue weighted by Gasteiger charge is -2.39. The predicted octanol–water partition coefficient (Wildman–Crippen LogP) is 2.76. The number of aromatic nitrogens is 2. The maximum atomic E-state index is 12.6. The van der Waals surface area contributed by atoms with Crippen molar-refractivity contribution >= 4 is 5.91 Å². The first-order chi connectivity index (χ1) is 12.2. The van der Waals surface area contributed by atoms with Crippen LogP contribution in [0.3, 0.4) is 0 Å². The lowest BCUT2D eigenvalue weighted by atomic mass is 10.0. The van der Waals surface area contributed by atoms with Gasteiger partial charge in [-0.25, -0.2) is 0 Å². The van der Waals surface area contributed by atoms with Crippen molar-refractivity contribution in [1.29, 1.82) is 0 Å². The first kappa shape index (κ1) is 17.7. The molecule has 3 rings (SSSR count). The second kappa shape index (κ2) is 8.30. The number of rotatable bonds is 7. The lowest BCUT2D eigenvalue weighted by Crippen LogP contribution is -2.55. The SMILES string of the molecule is CCCC[C@H]1C(=O)N(C)CCN1Cc1ccccc1Cn1cccn1. The number of amides is 1. The highest BCUT2D eigenvalue weighted by atomic mass is 16.2. The van der Waals surface area contributed by atoms with E-state index in [1.807, 2.05) is 35.1 Å². The molecule has 1 aliphatic heterocycles. The number of hydrogen-bond acceptors (Lipinski definition) is 3. The molecule has 0 saturated carbocycles. The molecule has 25 heavy (non-hydrogen) atoms. The summed E-state index contributed by atoms with van der Waals surface area (Å²) in [5.41, 5.74) is 2.56. The maximum absolute atomic E-state index is 12.6. The van der Waals surface area contributed by atoms with Gasteiger partial charge in [0, 0.05) is 39.1 Å². The largest absolute Gasteiger partial charge is 0.343 e. The van der Waals surface area contributed by atoms with Gasteiger partial charge in [0.25, 0.3) is 0 Å². The Balaban J connectivity index is 1.77. The fourth-order valence-corrected chi connectivity index (χ4v) is 3.50. The molecule has 0 aliphatic carbocycles. The van der Waals surface area contributed by atoms with Gasteiger partial charge in [-0.3, -0.25) is 14.4 Å². The Morgan fingerprint density at radius 1 is 1.12 bits per heavy atom. The van der Waals surface area contributed by atoms with Crippen LogP contribution < -0.4 is 0 Å². The fourth-order valence-electron chi connectivity index (χ4n) is 3.50. The van der Waals surface area contributed by atoms with Crippen LogP contribution in [-0.4, -0.2) is 51.7 Å². The molecule has 1 amide bonds. The van der Waals surface area contributed by atoms with Crippen LogP contribution in [0.1, 0.15) is 37.3 Å². The van der Waals surface area contributed by atoms with E-state index < -0.39 is 0 Å². The van der Waals surface area contributed by atoms with Crippen molar-refractivity contribution in [3.05, 3.63) is 53.9 Å². The van der Waals surface area contributed by atoms with Crippen LogP contribution in [0, 0.1) is 0 Å². The van der Waals surface area contributed by atoms with E-state index in [0.29, 0.717) is 0 Å². The van der Waals surface area contributed by atoms with Gasteiger partial charge in [-0.15, -0.1) is 0 Å². The molecule has 1 saturated heterocycles. The van der Waals surface area contributed by atoms with Gasteiger partial charge in [0.1, 0.15) is 0 Å². The summed E-state index contributed by atoms with van der Waals surface area (Å²) < 4.78 is 1.95. The van der Waals surface area contributed by atoms with Crippen molar-refractivity contribution in [2.24, 2.45) is 0 Å². The van der Waals surface area contributed by atoms with Gasteiger partial charge in [0.05, 0.1) is 12.6 Å². The van der Waals surface area contributed by atoms with Crippen molar-refractivity contribution in [1.82, 2.24) is 19.6 Å². The molecule has 1 atom stereocenters. The normalized spacial score (nSPS) is 18.7. The number of benzene rings is 1. The Labute approximate surface area is 150 Å². The minimum atomic E-state index is 0.0106. The van der Waals surface area contributed by atoms with E-state index in [0.717, 1.165) is 45.4 Å². The Kier molecular flexibility index (Phi) is 5.87. The third kappa shape index (κ3) is 4.28. The number of carbonyl (C=O) groups excluding carboxylic acids is 1. The van der Waals surface area contributed by atoms with E-state index in [1.165, 1.54) is 11.1 Å². The van der Waals surface area contributed by atoms with Gasteiger partial charge in [-0.1, -0.05) is 44.0 Å². The summed E-state index contributed by atoms with van der Waals surface area (Å²) in [5, 5.41) is 4.32. The van der Waals surface area contributed by atoms with Crippen molar-refractivity contribution in [2.75, 3.05) is 20.1 Å². The van der Waals surface area contributed by atoms with Crippen LogP contribution in [0.2, 0.25) is 0 Å². The number of unbranched alkanes of at least 4 members (excludes halogenated alkanes) is 1. The number of piperazine rings is 1. The quantitative estimate of drug-likeness (QED) is 0.778. The molecule has 2 aromatic rings. The van der Waals surface area contributed by atoms with Crippen molar-refractivity contribution < 1.29 is 4.79 Å². The number of nitrogens with zero attached hydrogens (tertiary/aromatic N) is 4. The molecule has 5 heteroatoms. The zero-order valence-corrected chi connectivity index (χ0v) is 15.3. The van der Waals surface area contributed by atoms with Crippen LogP contribution in [0.4, 0.5) is 0 Å². The van der Waals surface area contributed by atoms with Gasteiger partial charge in [0.2, 0.25) is 5.91 Å². The zero-order valence-electron chi connectivity index (χ0n) is 15.3. The summed E-state index contributed by atoms with van der Waals surface area (Å²) in [5.74, 6) is 0.268. The monoisotopic (exact) mass is 340 g/mol. The molecule has 1 aromatic carbocycles. The highest BCUT2D eigenvalue weighted by molar-refractivity contribution is 5.82. The second-order valence-electron chi connectivity index (χ2n) is 6.86. The molecule has 2 heterocycles. The minimum absolute atomic E-state index is 0.0106. The van der Waals surface area contributed by atoms with Crippen molar-refractivity contribution in [3.63, 3.8) is 0 Å². The molecule has 134 valence electrons. The minimum Gasteiger partial charge on any atom is -0.343 e. The molecular formula is C20H28N4O. The summed E-state index contributed by atoms with van der Waals surface area (Å²) >= 11 is 0. The maximum Gasteiger partial charge on any atom is 0.239 e. The number of carbonyl (C=O) groups is 1. The molecule has 1 aliphatic rings. The van der Waals surface area contributed by atoms with Crippen LogP contribution >= 0.6 is 0 Å². The van der Waals surface area contributed by atoms with Crippen molar-refractivity contribution in [2.45, 2.75) is 45.3 Å². The third-order valence-electron chi connectivity index (χ3n) is 5.04. The Morgan fingerprint density at radius 2 is 1.88 bits per heavy atom. The van der Waals surface area contributed by atoms with Crippen LogP contribution in [0.5, 0.6) is 0 Å². The number of likely N-dealkylation sites (N-methyl/N-ethyl adjacent to an activating group) is 1. The highest BCUT2D eigenvalue weighted by Crippen LogP contribution is 2.21. The van der Waals surface area contributed by atoms with E-state index in [-0.39, 0.29) is 11.9 Å². The van der Waals surface area contributed by atoms with Gasteiger partial charge < -0.3 is 4.90 Å². The predicted molar refractivity (Wildman–Crippen MR) is 99.1 cm³/mol. The molecule has 0 bridgehead atoms. The molecule has 0 unspecified atom stereocenters. The highest BCUT2D eigenvalue weighted by Gasteiger charge is 2.32. The molecule has 0 N–H and O–H groups in total. The number of hydrogen-bond donors (Lipinski definition) is 0. The molecule has 1 aromatic heterocycles. The molecule has 0 spiro atoms. The van der Waals surface area contributed by atoms with E-state index in [1.54, 1.807) is 0 Å². The van der Waals surface area contributed by atoms with Gasteiger partial charge >= 0.3 is 0 Å². The molecule has 0 radical (unpaired) electrons. The summed E-state index contributed by atoms with van der Waals surface area (Å²) in [4.78, 5) is 16.9. The van der Waals surface area contributed by atoms with Crippen molar-refractivity contribution in [3.8, 4) is 0 Å². The molecule has 5 nitrogen and oxygen atoms in total. The van der Waals surface area contributed by atoms with Crippen LogP contribution in [0.25, 0.3) is 0 Å². The Hall–Kier alpha value is -2.14. The average molecular weight is 340 g/mol. The Bertz CT molecular complexity index is 683. The molecular weight excluding hydrogens is 312 g/mol. The summed E-state index contributed by atoms with van der Waals surface area (Å²) in [6.07, 6.45) is 6.95. The second-order valence-corrected chi connectivity index (χ2v) is 6.86. The van der Waals surface area contributed by atoms with E-state index >= 15 is 0 Å². The van der Waals surface area contributed by atoms with Gasteiger partial charge in [-0.05, 0) is 23.6 Å².